The van der Waals surface area contributed by atoms with Gasteiger partial charge in [-0.3, -0.25) is 4.79 Å². The second-order valence-corrected chi connectivity index (χ2v) is 4.66. The van der Waals surface area contributed by atoms with Gasteiger partial charge in [-0.2, -0.15) is 0 Å². The summed E-state index contributed by atoms with van der Waals surface area (Å²) in [7, 11) is 0. The topological polar surface area (TPSA) is 41.6 Å². The van der Waals surface area contributed by atoms with Gasteiger partial charge in [0.1, 0.15) is 0 Å². The monoisotopic (exact) mass is 212 g/mol. The van der Waals surface area contributed by atoms with Crippen molar-refractivity contribution in [1.29, 1.82) is 0 Å². The normalized spacial score (nSPS) is 29.7. The van der Waals surface area contributed by atoms with Crippen molar-refractivity contribution < 1.29 is 9.53 Å². The van der Waals surface area contributed by atoms with E-state index in [4.69, 9.17) is 4.74 Å². The fraction of sp³-hybridized carbons (Fsp3) is 0.909. The molecule has 0 radical (unpaired) electrons. The van der Waals surface area contributed by atoms with Gasteiger partial charge < -0.3 is 15.0 Å². The summed E-state index contributed by atoms with van der Waals surface area (Å²) in [6.45, 7) is 8.22. The molecule has 0 bridgehead atoms. The van der Waals surface area contributed by atoms with E-state index >= 15 is 0 Å². The van der Waals surface area contributed by atoms with Crippen molar-refractivity contribution in [2.45, 2.75) is 19.9 Å². The minimum Gasteiger partial charge on any atom is -0.377 e. The van der Waals surface area contributed by atoms with Crippen molar-refractivity contribution in [3.05, 3.63) is 0 Å². The van der Waals surface area contributed by atoms with Gasteiger partial charge in [0, 0.05) is 12.5 Å². The van der Waals surface area contributed by atoms with Gasteiger partial charge in [0.05, 0.1) is 19.3 Å². The third kappa shape index (κ3) is 2.16. The molecule has 0 aromatic heterocycles. The highest BCUT2D eigenvalue weighted by Gasteiger charge is 2.34. The molecule has 2 heterocycles. The summed E-state index contributed by atoms with van der Waals surface area (Å²) in [6.07, 6.45) is 0. The molecule has 4 heteroatoms. The summed E-state index contributed by atoms with van der Waals surface area (Å²) in [5.74, 6) is 0.997. The van der Waals surface area contributed by atoms with Gasteiger partial charge in [0.15, 0.2) is 0 Å². The Balaban J connectivity index is 1.92. The largest absolute Gasteiger partial charge is 0.377 e. The maximum absolute atomic E-state index is 12.2. The Kier molecular flexibility index (Phi) is 3.26. The van der Waals surface area contributed by atoms with Crippen molar-refractivity contribution in [2.75, 3.05) is 32.8 Å². The van der Waals surface area contributed by atoms with Crippen molar-refractivity contribution >= 4 is 5.91 Å². The van der Waals surface area contributed by atoms with Crippen molar-refractivity contribution in [3.63, 3.8) is 0 Å². The smallest absolute Gasteiger partial charge is 0.226 e. The third-order valence-electron chi connectivity index (χ3n) is 3.56. The van der Waals surface area contributed by atoms with Crippen LogP contribution >= 0.6 is 0 Å². The van der Waals surface area contributed by atoms with E-state index in [0.717, 1.165) is 19.6 Å². The number of carbonyl (C=O) groups excluding carboxylic acids is 1. The molecule has 2 atom stereocenters. The Labute approximate surface area is 91.0 Å². The van der Waals surface area contributed by atoms with Gasteiger partial charge in [-0.15, -0.1) is 0 Å². The van der Waals surface area contributed by atoms with Crippen LogP contribution in [0.1, 0.15) is 13.8 Å². The molecule has 2 aliphatic heterocycles. The van der Waals surface area contributed by atoms with Crippen LogP contribution in [0.3, 0.4) is 0 Å². The molecule has 0 saturated carbocycles. The lowest BCUT2D eigenvalue weighted by Crippen LogP contribution is -2.54. The minimum absolute atomic E-state index is 0.159. The summed E-state index contributed by atoms with van der Waals surface area (Å²) >= 11 is 0. The number of morpholine rings is 1. The molecule has 0 aromatic carbocycles. The zero-order valence-electron chi connectivity index (χ0n) is 9.53. The first-order chi connectivity index (χ1) is 7.20. The van der Waals surface area contributed by atoms with E-state index in [1.807, 2.05) is 4.90 Å². The van der Waals surface area contributed by atoms with Crippen LogP contribution in [-0.4, -0.2) is 49.7 Å². The van der Waals surface area contributed by atoms with E-state index in [0.29, 0.717) is 25.0 Å². The first kappa shape index (κ1) is 10.9. The highest BCUT2D eigenvalue weighted by atomic mass is 16.5. The highest BCUT2D eigenvalue weighted by Crippen LogP contribution is 2.20. The summed E-state index contributed by atoms with van der Waals surface area (Å²) in [6, 6.07) is 0.238. The van der Waals surface area contributed by atoms with Crippen LogP contribution in [0.25, 0.3) is 0 Å². The lowest BCUT2D eigenvalue weighted by Gasteiger charge is -2.39. The molecular weight excluding hydrogens is 192 g/mol. The number of rotatable bonds is 2. The molecule has 0 spiro atoms. The van der Waals surface area contributed by atoms with Crippen LogP contribution in [0, 0.1) is 11.8 Å². The van der Waals surface area contributed by atoms with E-state index in [-0.39, 0.29) is 12.0 Å². The summed E-state index contributed by atoms with van der Waals surface area (Å²) in [5, 5.41) is 3.22. The van der Waals surface area contributed by atoms with Gasteiger partial charge >= 0.3 is 0 Å². The molecule has 2 rings (SSSR count). The molecule has 4 nitrogen and oxygen atoms in total. The van der Waals surface area contributed by atoms with E-state index in [2.05, 4.69) is 19.2 Å². The molecular formula is C11H20N2O2. The second-order valence-electron chi connectivity index (χ2n) is 4.66. The average Bonchev–Trinajstić information content (AvgIpc) is 2.15. The van der Waals surface area contributed by atoms with E-state index in [9.17, 15) is 4.79 Å². The van der Waals surface area contributed by atoms with Crippen LogP contribution in [0.2, 0.25) is 0 Å². The lowest BCUT2D eigenvalue weighted by atomic mass is 9.87. The number of ether oxygens (including phenoxy) is 1. The van der Waals surface area contributed by atoms with Crippen molar-refractivity contribution in [2.24, 2.45) is 11.8 Å². The molecule has 1 amide bonds. The SMILES string of the molecule is CC(C(=O)N1CCOC[C@H]1C)C1CNC1. The Morgan fingerprint density at radius 3 is 2.80 bits per heavy atom. The van der Waals surface area contributed by atoms with Crippen LogP contribution in [0.15, 0.2) is 0 Å². The standard InChI is InChI=1S/C11H20N2O2/c1-8-7-15-4-3-13(8)11(14)9(2)10-5-12-6-10/h8-10,12H,3-7H2,1-2H3/t8-,9?/m1/s1. The van der Waals surface area contributed by atoms with E-state index in [1.54, 1.807) is 0 Å². The van der Waals surface area contributed by atoms with Crippen molar-refractivity contribution in [3.8, 4) is 0 Å². The summed E-state index contributed by atoms with van der Waals surface area (Å²) < 4.78 is 5.34. The zero-order chi connectivity index (χ0) is 10.8. The van der Waals surface area contributed by atoms with E-state index in [1.165, 1.54) is 0 Å². The molecule has 0 aromatic rings. The number of hydrogen-bond donors (Lipinski definition) is 1. The molecule has 15 heavy (non-hydrogen) atoms. The van der Waals surface area contributed by atoms with Gasteiger partial charge in [-0.1, -0.05) is 6.92 Å². The van der Waals surface area contributed by atoms with Crippen LogP contribution in [0.4, 0.5) is 0 Å². The first-order valence-corrected chi connectivity index (χ1v) is 5.79. The number of amides is 1. The van der Waals surface area contributed by atoms with Gasteiger partial charge in [-0.25, -0.2) is 0 Å². The second kappa shape index (κ2) is 4.49. The Morgan fingerprint density at radius 2 is 2.27 bits per heavy atom. The molecule has 86 valence electrons. The molecule has 0 aliphatic carbocycles. The average molecular weight is 212 g/mol. The number of nitrogens with zero attached hydrogens (tertiary/aromatic N) is 1. The lowest BCUT2D eigenvalue weighted by molar-refractivity contribution is -0.145. The third-order valence-corrected chi connectivity index (χ3v) is 3.56. The fourth-order valence-electron chi connectivity index (χ4n) is 2.18. The number of hydrogen-bond acceptors (Lipinski definition) is 3. The predicted octanol–water partition coefficient (Wildman–Crippen LogP) is 0.0892. The number of nitrogens with one attached hydrogen (secondary N) is 1. The predicted molar refractivity (Wildman–Crippen MR) is 57.5 cm³/mol. The molecule has 1 N–H and O–H groups in total. The maximum Gasteiger partial charge on any atom is 0.226 e. The van der Waals surface area contributed by atoms with Crippen molar-refractivity contribution in [1.82, 2.24) is 10.2 Å². The molecule has 2 aliphatic rings. The number of carbonyl (C=O) groups is 1. The Morgan fingerprint density at radius 1 is 1.53 bits per heavy atom. The van der Waals surface area contributed by atoms with Crippen LogP contribution in [-0.2, 0) is 9.53 Å². The van der Waals surface area contributed by atoms with Gasteiger partial charge in [0.25, 0.3) is 0 Å². The van der Waals surface area contributed by atoms with Gasteiger partial charge in [-0.05, 0) is 25.9 Å². The maximum atomic E-state index is 12.2. The Bertz CT molecular complexity index is 241. The molecule has 2 fully saturated rings. The minimum atomic E-state index is 0.159. The van der Waals surface area contributed by atoms with Crippen LogP contribution < -0.4 is 5.32 Å². The summed E-state index contributed by atoms with van der Waals surface area (Å²) in [5.41, 5.74) is 0. The highest BCUT2D eigenvalue weighted by molar-refractivity contribution is 5.79. The Hall–Kier alpha value is -0.610. The quantitative estimate of drug-likeness (QED) is 0.705. The van der Waals surface area contributed by atoms with Gasteiger partial charge in [0.2, 0.25) is 5.91 Å². The van der Waals surface area contributed by atoms with Crippen LogP contribution in [0.5, 0.6) is 0 Å². The van der Waals surface area contributed by atoms with E-state index < -0.39 is 0 Å². The molecule has 1 unspecified atom stereocenters. The first-order valence-electron chi connectivity index (χ1n) is 5.79. The molecule has 2 saturated heterocycles. The fourth-order valence-corrected chi connectivity index (χ4v) is 2.18. The zero-order valence-corrected chi connectivity index (χ0v) is 9.53. The summed E-state index contributed by atoms with van der Waals surface area (Å²) in [4.78, 5) is 14.2.